The van der Waals surface area contributed by atoms with Gasteiger partial charge in [-0.25, -0.2) is 0 Å². The van der Waals surface area contributed by atoms with Crippen LogP contribution >= 0.6 is 0 Å². The topological polar surface area (TPSA) is 29.1 Å². The van der Waals surface area contributed by atoms with Crippen LogP contribution in [0, 0.1) is 24.2 Å². The molecular formula is C17H19NO. The number of carbonyl (C=O) groups excluding carboxylic acids is 1. The van der Waals surface area contributed by atoms with E-state index in [1.165, 1.54) is 11.1 Å². The molecule has 0 radical (unpaired) electrons. The van der Waals surface area contributed by atoms with Gasteiger partial charge in [0.25, 0.3) is 0 Å². The highest BCUT2D eigenvalue weighted by Crippen LogP contribution is 2.59. The van der Waals surface area contributed by atoms with Gasteiger partial charge in [0.2, 0.25) is 5.91 Å². The maximum absolute atomic E-state index is 12.3. The Morgan fingerprint density at radius 1 is 1.53 bits per heavy atom. The molecule has 2 nitrogen and oxygen atoms in total. The van der Waals surface area contributed by atoms with Gasteiger partial charge in [0.15, 0.2) is 0 Å². The molecule has 1 amide bonds. The summed E-state index contributed by atoms with van der Waals surface area (Å²) in [5, 5.41) is 3.05. The van der Waals surface area contributed by atoms with E-state index in [1.54, 1.807) is 0 Å². The molecule has 19 heavy (non-hydrogen) atoms. The second kappa shape index (κ2) is 4.74. The van der Waals surface area contributed by atoms with Crippen LogP contribution in [-0.2, 0) is 11.2 Å². The fourth-order valence-corrected chi connectivity index (χ4v) is 3.49. The van der Waals surface area contributed by atoms with Crippen molar-refractivity contribution < 1.29 is 4.79 Å². The number of benzene rings is 1. The van der Waals surface area contributed by atoms with Crippen LogP contribution in [0.25, 0.3) is 0 Å². The van der Waals surface area contributed by atoms with Crippen molar-refractivity contribution in [2.75, 3.05) is 0 Å². The van der Waals surface area contributed by atoms with E-state index in [-0.39, 0.29) is 17.9 Å². The van der Waals surface area contributed by atoms with Crippen molar-refractivity contribution in [1.82, 2.24) is 5.32 Å². The van der Waals surface area contributed by atoms with Crippen LogP contribution in [0.5, 0.6) is 0 Å². The molecule has 4 unspecified atom stereocenters. The molecule has 2 aliphatic rings. The van der Waals surface area contributed by atoms with Crippen LogP contribution in [0.2, 0.25) is 0 Å². The first kappa shape index (κ1) is 12.3. The SMILES string of the molecule is C#CCC(C)NC(=O)C1C2CCc3ccccc3C21. The summed E-state index contributed by atoms with van der Waals surface area (Å²) < 4.78 is 0. The minimum atomic E-state index is 0.0791. The zero-order chi connectivity index (χ0) is 13.4. The maximum atomic E-state index is 12.3. The Kier molecular flexibility index (Phi) is 3.06. The summed E-state index contributed by atoms with van der Waals surface area (Å²) in [6, 6.07) is 8.63. The van der Waals surface area contributed by atoms with E-state index in [0.29, 0.717) is 18.3 Å². The second-order valence-corrected chi connectivity index (χ2v) is 5.77. The Labute approximate surface area is 114 Å². The quantitative estimate of drug-likeness (QED) is 0.824. The minimum absolute atomic E-state index is 0.0791. The lowest BCUT2D eigenvalue weighted by atomic mass is 9.92. The molecule has 1 aromatic rings. The molecule has 98 valence electrons. The summed E-state index contributed by atoms with van der Waals surface area (Å²) in [5.41, 5.74) is 2.82. The maximum Gasteiger partial charge on any atom is 0.224 e. The summed E-state index contributed by atoms with van der Waals surface area (Å²) in [5.74, 6) is 3.95. The van der Waals surface area contributed by atoms with Gasteiger partial charge in [-0.15, -0.1) is 12.3 Å². The van der Waals surface area contributed by atoms with Crippen LogP contribution in [0.3, 0.4) is 0 Å². The Bertz CT molecular complexity index is 542. The number of amides is 1. The number of nitrogens with one attached hydrogen (secondary N) is 1. The smallest absolute Gasteiger partial charge is 0.224 e. The molecule has 1 aromatic carbocycles. The van der Waals surface area contributed by atoms with Crippen LogP contribution in [-0.4, -0.2) is 11.9 Å². The molecule has 1 N–H and O–H groups in total. The summed E-state index contributed by atoms with van der Waals surface area (Å²) in [4.78, 5) is 12.3. The molecule has 2 aliphatic carbocycles. The Morgan fingerprint density at radius 2 is 2.32 bits per heavy atom. The minimum Gasteiger partial charge on any atom is -0.352 e. The van der Waals surface area contributed by atoms with E-state index in [4.69, 9.17) is 6.42 Å². The van der Waals surface area contributed by atoms with Crippen molar-refractivity contribution in [3.05, 3.63) is 35.4 Å². The first-order valence-corrected chi connectivity index (χ1v) is 7.04. The van der Waals surface area contributed by atoms with Crippen LogP contribution in [0.4, 0.5) is 0 Å². The molecule has 0 spiro atoms. The standard InChI is InChI=1S/C17H19NO/c1-3-6-11(2)18-17(19)16-14-10-9-12-7-4-5-8-13(12)15(14)16/h1,4-5,7-8,11,14-16H,6,9-10H2,2H3,(H,18,19). The third-order valence-electron chi connectivity index (χ3n) is 4.45. The number of rotatable bonds is 3. The molecular weight excluding hydrogens is 234 g/mol. The number of hydrogen-bond acceptors (Lipinski definition) is 1. The van der Waals surface area contributed by atoms with E-state index in [0.717, 1.165) is 12.8 Å². The fourth-order valence-electron chi connectivity index (χ4n) is 3.49. The first-order chi connectivity index (χ1) is 9.22. The molecule has 2 heteroatoms. The van der Waals surface area contributed by atoms with Crippen LogP contribution < -0.4 is 5.32 Å². The summed E-state index contributed by atoms with van der Waals surface area (Å²) in [6.45, 7) is 1.97. The zero-order valence-electron chi connectivity index (χ0n) is 11.2. The predicted molar refractivity (Wildman–Crippen MR) is 75.5 cm³/mol. The lowest BCUT2D eigenvalue weighted by molar-refractivity contribution is -0.123. The number of hydrogen-bond donors (Lipinski definition) is 1. The molecule has 0 heterocycles. The number of carbonyl (C=O) groups is 1. The Hall–Kier alpha value is -1.75. The normalized spacial score (nSPS) is 28.5. The van der Waals surface area contributed by atoms with E-state index in [1.807, 2.05) is 6.92 Å². The van der Waals surface area contributed by atoms with Gasteiger partial charge < -0.3 is 5.32 Å². The van der Waals surface area contributed by atoms with E-state index in [2.05, 4.69) is 35.5 Å². The lowest BCUT2D eigenvalue weighted by Crippen LogP contribution is -2.34. The van der Waals surface area contributed by atoms with E-state index < -0.39 is 0 Å². The largest absolute Gasteiger partial charge is 0.352 e. The highest BCUT2D eigenvalue weighted by atomic mass is 16.2. The zero-order valence-corrected chi connectivity index (χ0v) is 11.2. The predicted octanol–water partition coefficient (Wildman–Crippen LogP) is 2.49. The monoisotopic (exact) mass is 253 g/mol. The third kappa shape index (κ3) is 2.14. The number of terminal acetylenes is 1. The summed E-state index contributed by atoms with van der Waals surface area (Å²) in [7, 11) is 0. The fraction of sp³-hybridized carbons (Fsp3) is 0.471. The Morgan fingerprint density at radius 3 is 3.11 bits per heavy atom. The van der Waals surface area contributed by atoms with Crippen molar-refractivity contribution in [3.63, 3.8) is 0 Å². The molecule has 3 rings (SSSR count). The Balaban J connectivity index is 1.71. The molecule has 1 fully saturated rings. The highest BCUT2D eigenvalue weighted by Gasteiger charge is 2.56. The molecule has 0 bridgehead atoms. The average molecular weight is 253 g/mol. The van der Waals surface area contributed by atoms with Crippen molar-refractivity contribution in [1.29, 1.82) is 0 Å². The van der Waals surface area contributed by atoms with Crippen molar-refractivity contribution in [2.45, 2.75) is 38.1 Å². The molecule has 0 aliphatic heterocycles. The van der Waals surface area contributed by atoms with Gasteiger partial charge in [0.05, 0.1) is 0 Å². The van der Waals surface area contributed by atoms with E-state index >= 15 is 0 Å². The van der Waals surface area contributed by atoms with Gasteiger partial charge in [-0.05, 0) is 42.7 Å². The van der Waals surface area contributed by atoms with Gasteiger partial charge >= 0.3 is 0 Å². The van der Waals surface area contributed by atoms with Crippen LogP contribution in [0.15, 0.2) is 24.3 Å². The summed E-state index contributed by atoms with van der Waals surface area (Å²) >= 11 is 0. The van der Waals surface area contributed by atoms with Crippen molar-refractivity contribution in [2.24, 2.45) is 11.8 Å². The molecule has 4 atom stereocenters. The van der Waals surface area contributed by atoms with Gasteiger partial charge in [-0.3, -0.25) is 4.79 Å². The van der Waals surface area contributed by atoms with E-state index in [9.17, 15) is 4.79 Å². The molecule has 0 aromatic heterocycles. The molecule has 1 saturated carbocycles. The van der Waals surface area contributed by atoms with Gasteiger partial charge in [0.1, 0.15) is 0 Å². The van der Waals surface area contributed by atoms with Crippen molar-refractivity contribution in [3.8, 4) is 12.3 Å². The van der Waals surface area contributed by atoms with Gasteiger partial charge in [-0.2, -0.15) is 0 Å². The lowest BCUT2D eigenvalue weighted by Gasteiger charge is -2.13. The average Bonchev–Trinajstić information content (AvgIpc) is 3.13. The van der Waals surface area contributed by atoms with Crippen molar-refractivity contribution >= 4 is 5.91 Å². The van der Waals surface area contributed by atoms with Gasteiger partial charge in [-0.1, -0.05) is 24.3 Å². The van der Waals surface area contributed by atoms with Gasteiger partial charge in [0, 0.05) is 18.4 Å². The molecule has 0 saturated heterocycles. The summed E-state index contributed by atoms with van der Waals surface area (Å²) in [6.07, 6.45) is 8.13. The van der Waals surface area contributed by atoms with Crippen LogP contribution in [0.1, 0.15) is 36.8 Å². The third-order valence-corrected chi connectivity index (χ3v) is 4.45. The highest BCUT2D eigenvalue weighted by molar-refractivity contribution is 5.84. The first-order valence-electron chi connectivity index (χ1n) is 7.04. The second-order valence-electron chi connectivity index (χ2n) is 5.77. The number of aryl methyl sites for hydroxylation is 1. The number of fused-ring (bicyclic) bond motifs is 3.